The summed E-state index contributed by atoms with van der Waals surface area (Å²) in [5, 5.41) is 19.6. The number of hydrogen-bond donors (Lipinski definition) is 1. The Hall–Kier alpha value is -4.29. The lowest BCUT2D eigenvalue weighted by Crippen LogP contribution is -2.31. The van der Waals surface area contributed by atoms with Crippen LogP contribution in [0.15, 0.2) is 66.9 Å². The molecule has 1 atom stereocenters. The molecule has 1 N–H and O–H groups in total. The fraction of sp³-hybridized carbons (Fsp3) is 0.185. The van der Waals surface area contributed by atoms with Crippen molar-refractivity contribution >= 4 is 29.1 Å². The molecule has 14 heteroatoms. The molecule has 0 fully saturated rings. The van der Waals surface area contributed by atoms with Crippen LogP contribution in [0.4, 0.5) is 13.2 Å². The van der Waals surface area contributed by atoms with E-state index in [1.807, 2.05) is 0 Å². The number of tetrazole rings is 1. The first-order chi connectivity index (χ1) is 19.5. The third kappa shape index (κ3) is 5.79. The second-order valence-corrected chi connectivity index (χ2v) is 9.96. The van der Waals surface area contributed by atoms with Crippen molar-refractivity contribution < 1.29 is 18.0 Å². The second kappa shape index (κ2) is 11.3. The molecule has 3 aromatic heterocycles. The summed E-state index contributed by atoms with van der Waals surface area (Å²) < 4.78 is 40.7. The van der Waals surface area contributed by atoms with E-state index in [4.69, 9.17) is 23.2 Å². The van der Waals surface area contributed by atoms with Gasteiger partial charge >= 0.3 is 6.18 Å². The van der Waals surface area contributed by atoms with Crippen LogP contribution in [0.2, 0.25) is 10.0 Å². The van der Waals surface area contributed by atoms with Gasteiger partial charge in [0, 0.05) is 35.8 Å². The van der Waals surface area contributed by atoms with Crippen LogP contribution in [-0.4, -0.2) is 53.2 Å². The molecule has 9 nitrogen and oxygen atoms in total. The van der Waals surface area contributed by atoms with E-state index in [1.54, 1.807) is 56.6 Å². The lowest BCUT2D eigenvalue weighted by molar-refractivity contribution is -0.137. The maximum absolute atomic E-state index is 14.0. The number of aromatic amines is 1. The number of carbonyl (C=O) groups is 1. The van der Waals surface area contributed by atoms with E-state index < -0.39 is 23.7 Å². The minimum atomic E-state index is -4.47. The molecule has 0 spiro atoms. The Bertz CT molecular complexity index is 1670. The zero-order valence-corrected chi connectivity index (χ0v) is 23.1. The highest BCUT2D eigenvalue weighted by Gasteiger charge is 2.32. The normalized spacial score (nSPS) is 12.4. The number of halogens is 5. The summed E-state index contributed by atoms with van der Waals surface area (Å²) in [4.78, 5) is 19.8. The Morgan fingerprint density at radius 1 is 1.07 bits per heavy atom. The van der Waals surface area contributed by atoms with Gasteiger partial charge < -0.3 is 4.90 Å². The number of H-pyrrole nitrogens is 1. The molecule has 0 bridgehead atoms. The van der Waals surface area contributed by atoms with Gasteiger partial charge in [-0.3, -0.25) is 4.79 Å². The molecule has 0 saturated carbocycles. The van der Waals surface area contributed by atoms with E-state index in [-0.39, 0.29) is 17.9 Å². The minimum Gasteiger partial charge on any atom is -0.334 e. The summed E-state index contributed by atoms with van der Waals surface area (Å²) in [6.45, 7) is 1.71. The molecular formula is C27H21Cl2F3N8O. The third-order valence-corrected chi connectivity index (χ3v) is 7.14. The molecule has 3 heterocycles. The van der Waals surface area contributed by atoms with Gasteiger partial charge in [-0.1, -0.05) is 52.7 Å². The number of alkyl halides is 3. The number of aromatic nitrogens is 7. The predicted molar refractivity (Wildman–Crippen MR) is 146 cm³/mol. The fourth-order valence-electron chi connectivity index (χ4n) is 4.31. The van der Waals surface area contributed by atoms with E-state index in [2.05, 4.69) is 30.7 Å². The maximum atomic E-state index is 14.0. The van der Waals surface area contributed by atoms with Crippen LogP contribution in [0.1, 0.15) is 46.0 Å². The highest BCUT2D eigenvalue weighted by atomic mass is 35.5. The molecule has 5 aromatic rings. The SMILES string of the molecule is C[C@H](c1ccc(C(F)(F)F)cc1)N(C)C(=O)c1nn(-c2ncccc2Cl)c(-c2ccc(Cl)cc2)c1Cc1nn[nH]n1. The van der Waals surface area contributed by atoms with Crippen molar-refractivity contribution in [3.05, 3.63) is 105 Å². The molecule has 0 radical (unpaired) electrons. The molecular weight excluding hydrogens is 580 g/mol. The van der Waals surface area contributed by atoms with E-state index in [0.29, 0.717) is 38.3 Å². The highest BCUT2D eigenvalue weighted by Crippen LogP contribution is 2.35. The number of nitrogens with zero attached hydrogens (tertiary/aromatic N) is 7. The molecule has 0 unspecified atom stereocenters. The molecule has 0 aliphatic rings. The van der Waals surface area contributed by atoms with Crippen molar-refractivity contribution in [2.75, 3.05) is 7.05 Å². The first-order valence-corrected chi connectivity index (χ1v) is 13.0. The minimum absolute atomic E-state index is 0.0581. The van der Waals surface area contributed by atoms with Crippen LogP contribution in [0.25, 0.3) is 17.1 Å². The van der Waals surface area contributed by atoms with Crippen molar-refractivity contribution in [3.63, 3.8) is 0 Å². The average molecular weight is 601 g/mol. The molecule has 0 aliphatic heterocycles. The van der Waals surface area contributed by atoms with Gasteiger partial charge in [0.05, 0.1) is 22.3 Å². The quantitative estimate of drug-likeness (QED) is 0.238. The van der Waals surface area contributed by atoms with Gasteiger partial charge in [0.2, 0.25) is 0 Å². The van der Waals surface area contributed by atoms with Gasteiger partial charge in [0.1, 0.15) is 0 Å². The first-order valence-electron chi connectivity index (χ1n) is 12.2. The van der Waals surface area contributed by atoms with Gasteiger partial charge in [0.25, 0.3) is 5.91 Å². The number of amides is 1. The summed E-state index contributed by atoms with van der Waals surface area (Å²) >= 11 is 12.7. The number of pyridine rings is 1. The fourth-order valence-corrected chi connectivity index (χ4v) is 4.64. The van der Waals surface area contributed by atoms with Gasteiger partial charge in [-0.15, -0.1) is 10.2 Å². The predicted octanol–water partition coefficient (Wildman–Crippen LogP) is 6.20. The average Bonchev–Trinajstić information content (AvgIpc) is 3.61. The summed E-state index contributed by atoms with van der Waals surface area (Å²) in [6.07, 6.45) is -2.85. The monoisotopic (exact) mass is 600 g/mol. The Kier molecular flexibility index (Phi) is 7.78. The number of rotatable bonds is 7. The molecule has 5 rings (SSSR count). The van der Waals surface area contributed by atoms with Crippen LogP contribution in [-0.2, 0) is 12.6 Å². The van der Waals surface area contributed by atoms with Gasteiger partial charge in [-0.05, 0) is 48.9 Å². The summed E-state index contributed by atoms with van der Waals surface area (Å²) in [6, 6.07) is 14.4. The largest absolute Gasteiger partial charge is 0.416 e. The Morgan fingerprint density at radius 3 is 2.39 bits per heavy atom. The lowest BCUT2D eigenvalue weighted by Gasteiger charge is -2.25. The van der Waals surface area contributed by atoms with Gasteiger partial charge in [-0.25, -0.2) is 9.67 Å². The van der Waals surface area contributed by atoms with Crippen molar-refractivity contribution in [2.45, 2.75) is 25.6 Å². The molecule has 1 amide bonds. The van der Waals surface area contributed by atoms with Gasteiger partial charge in [-0.2, -0.15) is 23.5 Å². The number of hydrogen-bond acceptors (Lipinski definition) is 6. The van der Waals surface area contributed by atoms with Crippen LogP contribution in [0, 0.1) is 0 Å². The van der Waals surface area contributed by atoms with Crippen molar-refractivity contribution in [2.24, 2.45) is 0 Å². The van der Waals surface area contributed by atoms with Crippen LogP contribution in [0.5, 0.6) is 0 Å². The smallest absolute Gasteiger partial charge is 0.334 e. The van der Waals surface area contributed by atoms with E-state index in [9.17, 15) is 18.0 Å². The summed E-state index contributed by atoms with van der Waals surface area (Å²) in [7, 11) is 1.55. The second-order valence-electron chi connectivity index (χ2n) is 9.12. The zero-order chi connectivity index (χ0) is 29.3. The van der Waals surface area contributed by atoms with E-state index >= 15 is 0 Å². The lowest BCUT2D eigenvalue weighted by atomic mass is 10.0. The number of benzene rings is 2. The van der Waals surface area contributed by atoms with Crippen molar-refractivity contribution in [1.82, 2.24) is 40.3 Å². The molecule has 0 aliphatic carbocycles. The molecule has 0 saturated heterocycles. The van der Waals surface area contributed by atoms with E-state index in [0.717, 1.165) is 12.1 Å². The topological polar surface area (TPSA) is 105 Å². The van der Waals surface area contributed by atoms with Gasteiger partial charge in [0.15, 0.2) is 17.3 Å². The van der Waals surface area contributed by atoms with Crippen molar-refractivity contribution in [1.29, 1.82) is 0 Å². The Balaban J connectivity index is 1.64. The molecule has 210 valence electrons. The number of nitrogens with one attached hydrogen (secondary N) is 1. The van der Waals surface area contributed by atoms with Crippen LogP contribution >= 0.6 is 23.2 Å². The first kappa shape index (κ1) is 28.2. The Labute approximate surface area is 241 Å². The standard InChI is InChI=1S/C27H21Cl2F3N8O/c1-15(16-5-9-18(10-6-16)27(30,31)32)39(2)26(41)23-20(14-22-34-37-38-35-22)24(17-7-11-19(28)12-8-17)40(36-23)25-21(29)4-3-13-33-25/h3-13,15H,14H2,1-2H3,(H,34,35,37,38)/t15-/m1/s1. The molecule has 41 heavy (non-hydrogen) atoms. The van der Waals surface area contributed by atoms with Crippen molar-refractivity contribution in [3.8, 4) is 17.1 Å². The summed E-state index contributed by atoms with van der Waals surface area (Å²) in [5.41, 5.74) is 1.43. The molecule has 2 aromatic carbocycles. The van der Waals surface area contributed by atoms with Crippen LogP contribution in [0.3, 0.4) is 0 Å². The van der Waals surface area contributed by atoms with E-state index in [1.165, 1.54) is 21.7 Å². The van der Waals surface area contributed by atoms with Crippen LogP contribution < -0.4 is 0 Å². The maximum Gasteiger partial charge on any atom is 0.416 e. The number of carbonyl (C=O) groups excluding carboxylic acids is 1. The third-order valence-electron chi connectivity index (χ3n) is 6.59. The zero-order valence-electron chi connectivity index (χ0n) is 21.6. The Morgan fingerprint density at radius 2 is 1.78 bits per heavy atom. The summed E-state index contributed by atoms with van der Waals surface area (Å²) in [5.74, 6) is 0.0993. The highest BCUT2D eigenvalue weighted by molar-refractivity contribution is 6.32.